The van der Waals surface area contributed by atoms with E-state index >= 15 is 0 Å². The lowest BCUT2D eigenvalue weighted by molar-refractivity contribution is -0.190. The second-order valence-electron chi connectivity index (χ2n) is 23.1. The smallest absolute Gasteiger partial charge is 0.316 e. The first-order chi connectivity index (χ1) is 40.4. The van der Waals surface area contributed by atoms with Gasteiger partial charge in [-0.15, -0.1) is 0 Å². The van der Waals surface area contributed by atoms with E-state index in [1.165, 1.54) is 30.7 Å². The molecule has 0 spiro atoms. The number of aryl methyl sites for hydroxylation is 2. The number of hydrogen-bond acceptors (Lipinski definition) is 19. The molecule has 5 aromatic rings. The second kappa shape index (κ2) is 24.3. The number of halogens is 1. The maximum Gasteiger partial charge on any atom is 0.316 e. The first-order valence-corrected chi connectivity index (χ1v) is 29.8. The van der Waals surface area contributed by atoms with E-state index in [9.17, 15) is 24.0 Å². The zero-order valence-corrected chi connectivity index (χ0v) is 49.9. The Morgan fingerprint density at radius 1 is 0.881 bits per heavy atom. The van der Waals surface area contributed by atoms with Gasteiger partial charge in [0.1, 0.15) is 40.3 Å². The second-order valence-corrected chi connectivity index (χ2v) is 24.5. The third-order valence-electron chi connectivity index (χ3n) is 18.2. The van der Waals surface area contributed by atoms with Gasteiger partial charge >= 0.3 is 11.9 Å². The van der Waals surface area contributed by atoms with Crippen LogP contribution in [0.5, 0.6) is 0 Å². The third-order valence-corrected chi connectivity index (χ3v) is 19.4. The molecule has 9 atom stereocenters. The van der Waals surface area contributed by atoms with Gasteiger partial charge < -0.3 is 53.7 Å². The first-order valence-electron chi connectivity index (χ1n) is 28.6. The van der Waals surface area contributed by atoms with Crippen molar-refractivity contribution in [2.24, 2.45) is 28.1 Å². The van der Waals surface area contributed by atoms with Crippen molar-refractivity contribution >= 4 is 74.9 Å². The van der Waals surface area contributed by atoms with Gasteiger partial charge in [-0.05, 0) is 81.5 Å². The molecule has 6 aliphatic rings. The molecule has 2 aromatic carbocycles. The highest BCUT2D eigenvalue weighted by Crippen LogP contribution is 2.72. The van der Waals surface area contributed by atoms with Crippen molar-refractivity contribution in [2.75, 3.05) is 102 Å². The zero-order chi connectivity index (χ0) is 59.1. The number of anilines is 4. The standard InChI is InChI=1S/C62H71ClN8O12S/c1-35-9-8-10-42(63)51(35)69-57(75)44-34-65-59(84-44)68-47-33-48(67-37(3)66-47)71-21-19-70(20-22-71)23-26-79-28-30-80-29-27-78-25-18-64-56(74)39-13-11-38(12-14-39)52-40(16-24-81-52)41-31-43-50(36(41)2)62(6)45(32-49(73)77-7)61(5)46(72)15-17-60(4)54(61)53(55(62)82-43)83-58(60)76/h8-17,24,33-34,41,43,45,53-55H,18-23,25-32H2,1-7H3,(H,64,74)(H,69,75)(H,65,66,67,68)/t41-,43-,45-,53-,54+,55-,60-,61+,62-/m1/s1. The Morgan fingerprint density at radius 2 is 1.62 bits per heavy atom. The summed E-state index contributed by atoms with van der Waals surface area (Å²) in [5.74, 6) is 0.135. The molecular formula is C62H71ClN8O12S. The largest absolute Gasteiger partial charge is 0.469 e. The summed E-state index contributed by atoms with van der Waals surface area (Å²) in [5.41, 5.74) is 2.87. The summed E-state index contributed by atoms with van der Waals surface area (Å²) in [6.45, 7) is 18.7. The number of hydrogen-bond donors (Lipinski definition) is 3. The minimum Gasteiger partial charge on any atom is -0.469 e. The molecular weight excluding hydrogens is 1120 g/mol. The Hall–Kier alpha value is -6.85. The number of allylic oxidation sites excluding steroid dienone is 2. The number of ketones is 1. The Labute approximate surface area is 497 Å². The van der Waals surface area contributed by atoms with Crippen molar-refractivity contribution in [1.29, 1.82) is 0 Å². The Balaban J connectivity index is 0.578. The fraction of sp³-hybridized carbons (Fsp3) is 0.484. The van der Waals surface area contributed by atoms with Crippen LogP contribution in [-0.2, 0) is 42.8 Å². The number of amides is 2. The van der Waals surface area contributed by atoms with E-state index < -0.39 is 46.3 Å². The van der Waals surface area contributed by atoms with Crippen molar-refractivity contribution in [3.63, 3.8) is 0 Å². The van der Waals surface area contributed by atoms with Gasteiger partial charge in [-0.1, -0.05) is 72.7 Å². The van der Waals surface area contributed by atoms with Gasteiger partial charge in [0.15, 0.2) is 10.9 Å². The molecule has 11 rings (SSSR count). The lowest BCUT2D eigenvalue weighted by Crippen LogP contribution is -2.66. The summed E-state index contributed by atoms with van der Waals surface area (Å²) < 4.78 is 41.9. The number of esters is 2. The number of thiazole rings is 1. The zero-order valence-electron chi connectivity index (χ0n) is 48.3. The lowest BCUT2D eigenvalue weighted by atomic mass is 9.42. The minimum atomic E-state index is -1.10. The van der Waals surface area contributed by atoms with Crippen LogP contribution in [0, 0.1) is 41.9 Å². The SMILES string of the molecule is COC(=O)C[C@H]1[C@]2(C)C3=C(C)[C@H](c4ccoc4-c4ccc(C(=O)NCCOCCOCCOCCN5CCN(c6cc(Nc7ncc(C(=O)Nc8c(C)cccc8Cl)s7)nc(C)n6)CC5)cc4)C[C@H]3O[C@@H]2[C@@H]2OC(=O)[C@]3(C)C=CC(=O)[C@@]1(C)[C@@H]23. The number of nitrogens with one attached hydrogen (secondary N) is 3. The van der Waals surface area contributed by atoms with Gasteiger partial charge in [-0.3, -0.25) is 28.9 Å². The van der Waals surface area contributed by atoms with Crippen molar-refractivity contribution < 1.29 is 56.8 Å². The minimum absolute atomic E-state index is 0.0168. The number of benzene rings is 2. The highest BCUT2D eigenvalue weighted by Gasteiger charge is 2.78. The average Bonchev–Trinajstić information content (AvgIpc) is 1.48. The molecule has 0 radical (unpaired) electrons. The number of nitrogens with zero attached hydrogens (tertiary/aromatic N) is 5. The van der Waals surface area contributed by atoms with Gasteiger partial charge in [0, 0.05) is 84.7 Å². The maximum absolute atomic E-state index is 14.2. The normalized spacial score (nSPS) is 26.9. The quantitative estimate of drug-likeness (QED) is 0.0334. The third kappa shape index (κ3) is 11.1. The number of methoxy groups -OCH3 is 1. The molecule has 6 heterocycles. The number of furan rings is 1. The summed E-state index contributed by atoms with van der Waals surface area (Å²) in [6.07, 6.45) is 5.41. The van der Waals surface area contributed by atoms with Crippen LogP contribution in [0.3, 0.4) is 0 Å². The molecule has 20 nitrogen and oxygen atoms in total. The number of fused-ring (bicyclic) bond motifs is 4. The molecule has 4 fully saturated rings. The van der Waals surface area contributed by atoms with E-state index in [2.05, 4.69) is 49.6 Å². The number of ether oxygens (including phenoxy) is 6. The van der Waals surface area contributed by atoms with Gasteiger partial charge in [0.2, 0.25) is 0 Å². The first kappa shape index (κ1) is 58.9. The number of carbonyl (C=O) groups excluding carboxylic acids is 5. The molecule has 444 valence electrons. The molecule has 0 unspecified atom stereocenters. The molecule has 3 aliphatic carbocycles. The predicted octanol–water partition coefficient (Wildman–Crippen LogP) is 8.52. The maximum atomic E-state index is 14.2. The Kier molecular flexibility index (Phi) is 17.0. The van der Waals surface area contributed by atoms with Crippen molar-refractivity contribution in [1.82, 2.24) is 25.2 Å². The number of aromatic nitrogens is 3. The molecule has 3 N–H and O–H groups in total. The Bertz CT molecular complexity index is 3380. The highest BCUT2D eigenvalue weighted by atomic mass is 35.5. The van der Waals surface area contributed by atoms with E-state index in [0.29, 0.717) is 96.3 Å². The monoisotopic (exact) mass is 1190 g/mol. The van der Waals surface area contributed by atoms with Gasteiger partial charge in [0.25, 0.3) is 11.8 Å². The lowest BCUT2D eigenvalue weighted by Gasteiger charge is -2.59. The van der Waals surface area contributed by atoms with E-state index in [4.69, 9.17) is 49.4 Å². The molecule has 0 bridgehead atoms. The Morgan fingerprint density at radius 3 is 2.36 bits per heavy atom. The van der Waals surface area contributed by atoms with Gasteiger partial charge in [-0.2, -0.15) is 0 Å². The summed E-state index contributed by atoms with van der Waals surface area (Å²) in [7, 11) is 1.35. The molecule has 1 saturated carbocycles. The molecule has 3 aliphatic heterocycles. The number of para-hydroxylation sites is 1. The summed E-state index contributed by atoms with van der Waals surface area (Å²) in [6, 6.07) is 16.6. The van der Waals surface area contributed by atoms with Gasteiger partial charge in [0.05, 0.1) is 87.9 Å². The van der Waals surface area contributed by atoms with E-state index in [1.807, 2.05) is 64.1 Å². The molecule has 84 heavy (non-hydrogen) atoms. The predicted molar refractivity (Wildman–Crippen MR) is 315 cm³/mol. The van der Waals surface area contributed by atoms with Crippen LogP contribution in [0.25, 0.3) is 11.3 Å². The van der Waals surface area contributed by atoms with Crippen molar-refractivity contribution in [2.45, 2.75) is 78.6 Å². The van der Waals surface area contributed by atoms with Crippen LogP contribution in [0.1, 0.15) is 83.4 Å². The van der Waals surface area contributed by atoms with E-state index in [0.717, 1.165) is 66.4 Å². The fourth-order valence-corrected chi connectivity index (χ4v) is 15.1. The average molecular weight is 1190 g/mol. The van der Waals surface area contributed by atoms with Crippen LogP contribution >= 0.6 is 22.9 Å². The van der Waals surface area contributed by atoms with Gasteiger partial charge in [-0.25, -0.2) is 15.0 Å². The molecule has 2 amide bonds. The summed E-state index contributed by atoms with van der Waals surface area (Å²) in [4.78, 5) is 85.8. The summed E-state index contributed by atoms with van der Waals surface area (Å²) in [5, 5.41) is 10.1. The van der Waals surface area contributed by atoms with E-state index in [1.54, 1.807) is 30.5 Å². The van der Waals surface area contributed by atoms with E-state index in [-0.39, 0.29) is 42.0 Å². The molecule has 3 aromatic heterocycles. The van der Waals surface area contributed by atoms with Crippen LogP contribution in [0.4, 0.5) is 22.5 Å². The number of rotatable bonds is 22. The van der Waals surface area contributed by atoms with Crippen LogP contribution in [-0.4, -0.2) is 154 Å². The molecule has 22 heteroatoms. The van der Waals surface area contributed by atoms with Crippen LogP contribution < -0.4 is 20.9 Å². The topological polar surface area (TPSA) is 235 Å². The summed E-state index contributed by atoms with van der Waals surface area (Å²) >= 11 is 7.54. The number of piperazine rings is 1. The van der Waals surface area contributed by atoms with Crippen molar-refractivity contribution in [3.05, 3.63) is 123 Å². The number of carbonyl (C=O) groups is 5. The highest BCUT2D eigenvalue weighted by molar-refractivity contribution is 7.17. The fourth-order valence-electron chi connectivity index (χ4n) is 14.1. The van der Waals surface area contributed by atoms with Crippen LogP contribution in [0.15, 0.2) is 94.8 Å². The van der Waals surface area contributed by atoms with Crippen LogP contribution in [0.2, 0.25) is 5.02 Å². The molecule has 3 saturated heterocycles. The van der Waals surface area contributed by atoms with Crippen molar-refractivity contribution in [3.8, 4) is 11.3 Å².